The number of rotatable bonds is 6. The third-order valence-electron chi connectivity index (χ3n) is 2.73. The topological polar surface area (TPSA) is 46.5 Å². The van der Waals surface area contributed by atoms with Gasteiger partial charge < -0.3 is 9.84 Å². The van der Waals surface area contributed by atoms with Crippen LogP contribution in [0, 0.1) is 5.92 Å². The molecule has 0 rings (SSSR count). The molecule has 0 aliphatic heterocycles. The normalized spacial score (nSPS) is 13.8. The molecule has 1 atom stereocenters. The molecule has 0 heterocycles. The second kappa shape index (κ2) is 6.02. The molecule has 0 aromatic carbocycles. The van der Waals surface area contributed by atoms with Gasteiger partial charge in [0.15, 0.2) is 0 Å². The third kappa shape index (κ3) is 3.29. The molecule has 14 heavy (non-hydrogen) atoms. The lowest BCUT2D eigenvalue weighted by atomic mass is 9.81. The van der Waals surface area contributed by atoms with Crippen molar-refractivity contribution in [2.75, 3.05) is 7.11 Å². The molecule has 0 radical (unpaired) electrons. The standard InChI is InChI=1S/C11H22O3/c1-5-7-11(13,8-6-2)9(3)10(12)14-4/h9,13H,5-8H2,1-4H3. The maximum Gasteiger partial charge on any atom is 0.311 e. The quantitative estimate of drug-likeness (QED) is 0.671. The summed E-state index contributed by atoms with van der Waals surface area (Å²) in [5.41, 5.74) is -0.892. The summed E-state index contributed by atoms with van der Waals surface area (Å²) in [6.45, 7) is 5.74. The molecule has 0 aromatic rings. The Balaban J connectivity index is 4.53. The smallest absolute Gasteiger partial charge is 0.311 e. The molecular formula is C11H22O3. The predicted molar refractivity (Wildman–Crippen MR) is 55.9 cm³/mol. The molecule has 3 heteroatoms. The second-order valence-electron chi connectivity index (χ2n) is 3.85. The summed E-state index contributed by atoms with van der Waals surface area (Å²) in [5, 5.41) is 10.3. The molecule has 0 aliphatic carbocycles. The van der Waals surface area contributed by atoms with Crippen molar-refractivity contribution in [2.24, 2.45) is 5.92 Å². The number of aliphatic hydroxyl groups is 1. The number of carbonyl (C=O) groups excluding carboxylic acids is 1. The number of hydrogen-bond acceptors (Lipinski definition) is 3. The van der Waals surface area contributed by atoms with Crippen LogP contribution in [0.4, 0.5) is 0 Å². The molecule has 3 nitrogen and oxygen atoms in total. The van der Waals surface area contributed by atoms with Crippen LogP contribution in [0.5, 0.6) is 0 Å². The van der Waals surface area contributed by atoms with E-state index >= 15 is 0 Å². The average Bonchev–Trinajstić information content (AvgIpc) is 2.16. The van der Waals surface area contributed by atoms with E-state index in [1.807, 2.05) is 13.8 Å². The molecular weight excluding hydrogens is 180 g/mol. The second-order valence-corrected chi connectivity index (χ2v) is 3.85. The Morgan fingerprint density at radius 1 is 1.36 bits per heavy atom. The summed E-state index contributed by atoms with van der Waals surface area (Å²) in [5.74, 6) is -0.762. The number of ether oxygens (including phenoxy) is 1. The van der Waals surface area contributed by atoms with Gasteiger partial charge in [-0.3, -0.25) is 4.79 Å². The summed E-state index contributed by atoms with van der Waals surface area (Å²) in [4.78, 5) is 11.3. The number of methoxy groups -OCH3 is 1. The van der Waals surface area contributed by atoms with Crippen LogP contribution < -0.4 is 0 Å². The van der Waals surface area contributed by atoms with Gasteiger partial charge in [0.05, 0.1) is 18.6 Å². The summed E-state index contributed by atoms with van der Waals surface area (Å²) >= 11 is 0. The lowest BCUT2D eigenvalue weighted by Crippen LogP contribution is -2.41. The SMILES string of the molecule is CCCC(O)(CCC)C(C)C(=O)OC. The molecule has 0 fully saturated rings. The first kappa shape index (κ1) is 13.4. The van der Waals surface area contributed by atoms with E-state index in [9.17, 15) is 9.90 Å². The van der Waals surface area contributed by atoms with Gasteiger partial charge in [-0.15, -0.1) is 0 Å². The Bertz CT molecular complexity index is 171. The zero-order valence-electron chi connectivity index (χ0n) is 9.67. The fourth-order valence-corrected chi connectivity index (χ4v) is 1.82. The highest BCUT2D eigenvalue weighted by Gasteiger charge is 2.37. The summed E-state index contributed by atoms with van der Waals surface area (Å²) in [7, 11) is 1.36. The first-order chi connectivity index (χ1) is 6.51. The highest BCUT2D eigenvalue weighted by Crippen LogP contribution is 2.29. The van der Waals surface area contributed by atoms with Crippen molar-refractivity contribution in [1.29, 1.82) is 0 Å². The van der Waals surface area contributed by atoms with E-state index in [1.165, 1.54) is 7.11 Å². The van der Waals surface area contributed by atoms with Gasteiger partial charge in [-0.2, -0.15) is 0 Å². The molecule has 0 aliphatic rings. The largest absolute Gasteiger partial charge is 0.469 e. The van der Waals surface area contributed by atoms with Crippen molar-refractivity contribution >= 4 is 5.97 Å². The Morgan fingerprint density at radius 2 is 1.79 bits per heavy atom. The van der Waals surface area contributed by atoms with Crippen LogP contribution >= 0.6 is 0 Å². The number of esters is 1. The lowest BCUT2D eigenvalue weighted by molar-refractivity contribution is -0.155. The zero-order valence-corrected chi connectivity index (χ0v) is 9.67. The van der Waals surface area contributed by atoms with Crippen molar-refractivity contribution in [3.05, 3.63) is 0 Å². The molecule has 0 aromatic heterocycles. The Hall–Kier alpha value is -0.570. The summed E-state index contributed by atoms with van der Waals surface area (Å²) in [6, 6.07) is 0. The first-order valence-corrected chi connectivity index (χ1v) is 5.32. The molecule has 84 valence electrons. The maximum absolute atomic E-state index is 11.3. The van der Waals surface area contributed by atoms with Gasteiger partial charge in [0.1, 0.15) is 0 Å². The summed E-state index contributed by atoms with van der Waals surface area (Å²) in [6.07, 6.45) is 3.05. The zero-order chi connectivity index (χ0) is 11.2. The molecule has 0 spiro atoms. The molecule has 0 amide bonds. The monoisotopic (exact) mass is 202 g/mol. The summed E-state index contributed by atoms with van der Waals surface area (Å²) < 4.78 is 4.65. The van der Waals surface area contributed by atoms with Crippen LogP contribution in [-0.4, -0.2) is 23.8 Å². The van der Waals surface area contributed by atoms with Crippen LogP contribution in [-0.2, 0) is 9.53 Å². The van der Waals surface area contributed by atoms with Gasteiger partial charge in [0.25, 0.3) is 0 Å². The minimum Gasteiger partial charge on any atom is -0.469 e. The van der Waals surface area contributed by atoms with E-state index in [2.05, 4.69) is 4.74 Å². The van der Waals surface area contributed by atoms with Crippen molar-refractivity contribution in [1.82, 2.24) is 0 Å². The van der Waals surface area contributed by atoms with Crippen LogP contribution in [0.1, 0.15) is 46.5 Å². The van der Waals surface area contributed by atoms with Gasteiger partial charge in [-0.25, -0.2) is 0 Å². The predicted octanol–water partition coefficient (Wildman–Crippen LogP) is 2.13. The fourth-order valence-electron chi connectivity index (χ4n) is 1.82. The lowest BCUT2D eigenvalue weighted by Gasteiger charge is -2.32. The van der Waals surface area contributed by atoms with Crippen LogP contribution in [0.3, 0.4) is 0 Å². The van der Waals surface area contributed by atoms with Crippen molar-refractivity contribution in [3.63, 3.8) is 0 Å². The van der Waals surface area contributed by atoms with E-state index in [4.69, 9.17) is 0 Å². The first-order valence-electron chi connectivity index (χ1n) is 5.32. The highest BCUT2D eigenvalue weighted by atomic mass is 16.5. The van der Waals surface area contributed by atoms with Gasteiger partial charge in [0.2, 0.25) is 0 Å². The van der Waals surface area contributed by atoms with Crippen molar-refractivity contribution < 1.29 is 14.6 Å². The molecule has 0 saturated heterocycles. The fraction of sp³-hybridized carbons (Fsp3) is 0.909. The maximum atomic E-state index is 11.3. The van der Waals surface area contributed by atoms with E-state index in [0.717, 1.165) is 12.8 Å². The van der Waals surface area contributed by atoms with Crippen LogP contribution in [0.25, 0.3) is 0 Å². The van der Waals surface area contributed by atoms with Crippen molar-refractivity contribution in [3.8, 4) is 0 Å². The molecule has 1 N–H and O–H groups in total. The van der Waals surface area contributed by atoms with Gasteiger partial charge >= 0.3 is 5.97 Å². The minimum absolute atomic E-state index is 0.325. The highest BCUT2D eigenvalue weighted by molar-refractivity contribution is 5.73. The minimum atomic E-state index is -0.892. The van der Waals surface area contributed by atoms with E-state index in [1.54, 1.807) is 6.92 Å². The number of hydrogen-bond donors (Lipinski definition) is 1. The van der Waals surface area contributed by atoms with Crippen LogP contribution in [0.15, 0.2) is 0 Å². The Labute approximate surface area is 86.5 Å². The molecule has 1 unspecified atom stereocenters. The molecule has 0 bridgehead atoms. The average molecular weight is 202 g/mol. The van der Waals surface area contributed by atoms with E-state index in [0.29, 0.717) is 12.8 Å². The van der Waals surface area contributed by atoms with Crippen molar-refractivity contribution in [2.45, 2.75) is 52.1 Å². The Morgan fingerprint density at radius 3 is 2.07 bits per heavy atom. The van der Waals surface area contributed by atoms with Crippen LogP contribution in [0.2, 0.25) is 0 Å². The number of carbonyl (C=O) groups is 1. The van der Waals surface area contributed by atoms with Gasteiger partial charge in [0, 0.05) is 0 Å². The molecule has 0 saturated carbocycles. The van der Waals surface area contributed by atoms with Gasteiger partial charge in [-0.05, 0) is 19.8 Å². The van der Waals surface area contributed by atoms with Gasteiger partial charge in [-0.1, -0.05) is 26.7 Å². The third-order valence-corrected chi connectivity index (χ3v) is 2.73. The van der Waals surface area contributed by atoms with E-state index < -0.39 is 11.5 Å². The van der Waals surface area contributed by atoms with E-state index in [-0.39, 0.29) is 5.97 Å². The Kier molecular flexibility index (Phi) is 5.77.